The summed E-state index contributed by atoms with van der Waals surface area (Å²) in [6.07, 6.45) is 7.52. The van der Waals surface area contributed by atoms with E-state index in [1.165, 1.54) is 0 Å². The number of ketones is 1. The molecule has 0 saturated heterocycles. The summed E-state index contributed by atoms with van der Waals surface area (Å²) in [4.78, 5) is 11.4. The van der Waals surface area contributed by atoms with Crippen molar-refractivity contribution in [1.82, 2.24) is 0 Å². The maximum atomic E-state index is 11.4. The fraction of sp³-hybridized carbons (Fsp3) is 0.700. The van der Waals surface area contributed by atoms with E-state index in [9.17, 15) is 4.79 Å². The third-order valence-corrected chi connectivity index (χ3v) is 3.06. The van der Waals surface area contributed by atoms with Gasteiger partial charge < -0.3 is 0 Å². The van der Waals surface area contributed by atoms with Crippen molar-refractivity contribution in [1.29, 1.82) is 0 Å². The Kier molecular flexibility index (Phi) is 1.59. The highest BCUT2D eigenvalue weighted by Gasteiger charge is 2.38. The van der Waals surface area contributed by atoms with Crippen LogP contribution in [0.1, 0.15) is 26.2 Å². The van der Waals surface area contributed by atoms with Crippen LogP contribution in [-0.4, -0.2) is 5.78 Å². The van der Waals surface area contributed by atoms with Crippen LogP contribution in [0.15, 0.2) is 12.2 Å². The average molecular weight is 150 g/mol. The van der Waals surface area contributed by atoms with Gasteiger partial charge in [0.2, 0.25) is 0 Å². The third-order valence-electron chi connectivity index (χ3n) is 3.06. The van der Waals surface area contributed by atoms with Gasteiger partial charge in [-0.15, -0.1) is 0 Å². The molecule has 0 spiro atoms. The summed E-state index contributed by atoms with van der Waals surface area (Å²) >= 11 is 0. The number of carbonyl (C=O) groups is 1. The maximum absolute atomic E-state index is 11.4. The first-order valence-electron chi connectivity index (χ1n) is 4.48. The lowest BCUT2D eigenvalue weighted by atomic mass is 9.83. The zero-order valence-corrected chi connectivity index (χ0v) is 6.92. The van der Waals surface area contributed by atoms with Gasteiger partial charge in [0.25, 0.3) is 0 Å². The summed E-state index contributed by atoms with van der Waals surface area (Å²) < 4.78 is 0. The highest BCUT2D eigenvalue weighted by atomic mass is 16.1. The molecule has 0 heterocycles. The Morgan fingerprint density at radius 3 is 3.09 bits per heavy atom. The molecule has 2 rings (SSSR count). The number of rotatable bonds is 0. The Balaban J connectivity index is 2.24. The fourth-order valence-corrected chi connectivity index (χ4v) is 2.42. The van der Waals surface area contributed by atoms with Crippen molar-refractivity contribution in [3.63, 3.8) is 0 Å². The molecule has 1 heteroatoms. The van der Waals surface area contributed by atoms with Crippen molar-refractivity contribution >= 4 is 5.78 Å². The molecule has 2 aliphatic rings. The third kappa shape index (κ3) is 1.03. The molecule has 3 unspecified atom stereocenters. The molecule has 0 N–H and O–H groups in total. The van der Waals surface area contributed by atoms with E-state index in [2.05, 4.69) is 19.1 Å². The molecule has 60 valence electrons. The Hall–Kier alpha value is -0.590. The van der Waals surface area contributed by atoms with Gasteiger partial charge in [0.15, 0.2) is 0 Å². The van der Waals surface area contributed by atoms with Crippen molar-refractivity contribution in [2.24, 2.45) is 17.8 Å². The van der Waals surface area contributed by atoms with Crippen molar-refractivity contribution in [3.8, 4) is 0 Å². The van der Waals surface area contributed by atoms with Crippen molar-refractivity contribution < 1.29 is 4.79 Å². The second kappa shape index (κ2) is 2.47. The molecular weight excluding hydrogens is 136 g/mol. The number of hydrogen-bond donors (Lipinski definition) is 0. The van der Waals surface area contributed by atoms with Crippen LogP contribution >= 0.6 is 0 Å². The molecule has 1 saturated carbocycles. The molecule has 1 fully saturated rings. The molecule has 0 aromatic heterocycles. The largest absolute Gasteiger partial charge is 0.299 e. The van der Waals surface area contributed by atoms with Crippen molar-refractivity contribution in [3.05, 3.63) is 12.2 Å². The van der Waals surface area contributed by atoms with Crippen LogP contribution in [-0.2, 0) is 4.79 Å². The summed E-state index contributed by atoms with van der Waals surface area (Å²) in [7, 11) is 0. The van der Waals surface area contributed by atoms with E-state index in [4.69, 9.17) is 0 Å². The summed E-state index contributed by atoms with van der Waals surface area (Å²) in [6, 6.07) is 0. The number of allylic oxidation sites excluding steroid dienone is 2. The van der Waals surface area contributed by atoms with Crippen LogP contribution in [0.5, 0.6) is 0 Å². The van der Waals surface area contributed by atoms with Crippen LogP contribution in [0.3, 0.4) is 0 Å². The zero-order chi connectivity index (χ0) is 7.84. The molecule has 3 atom stereocenters. The van der Waals surface area contributed by atoms with Gasteiger partial charge in [0, 0.05) is 12.3 Å². The Morgan fingerprint density at radius 1 is 1.55 bits per heavy atom. The minimum Gasteiger partial charge on any atom is -0.299 e. The lowest BCUT2D eigenvalue weighted by Crippen LogP contribution is -2.17. The fourth-order valence-electron chi connectivity index (χ4n) is 2.42. The van der Waals surface area contributed by atoms with E-state index < -0.39 is 0 Å². The second-order valence-electron chi connectivity index (χ2n) is 3.84. The van der Waals surface area contributed by atoms with Gasteiger partial charge >= 0.3 is 0 Å². The smallest absolute Gasteiger partial charge is 0.136 e. The first-order chi connectivity index (χ1) is 5.29. The van der Waals surface area contributed by atoms with Gasteiger partial charge in [-0.2, -0.15) is 0 Å². The molecular formula is C10H14O. The lowest BCUT2D eigenvalue weighted by molar-refractivity contribution is -0.121. The normalized spacial score (nSPS) is 42.6. The van der Waals surface area contributed by atoms with E-state index in [1.807, 2.05) is 0 Å². The van der Waals surface area contributed by atoms with Crippen LogP contribution in [0.25, 0.3) is 0 Å². The van der Waals surface area contributed by atoms with E-state index >= 15 is 0 Å². The van der Waals surface area contributed by atoms with Crippen molar-refractivity contribution in [2.45, 2.75) is 26.2 Å². The Labute approximate surface area is 67.5 Å². The van der Waals surface area contributed by atoms with E-state index in [0.29, 0.717) is 23.5 Å². The predicted molar refractivity (Wildman–Crippen MR) is 44.1 cm³/mol. The standard InChI is InChI=1S/C10H14O/c1-7-6-10(11)9-5-3-2-4-8(7)9/h2,4,7-9H,3,5-6H2,1H3. The van der Waals surface area contributed by atoms with Gasteiger partial charge in [0.05, 0.1) is 0 Å². The molecule has 0 aromatic carbocycles. The second-order valence-corrected chi connectivity index (χ2v) is 3.84. The number of fused-ring (bicyclic) bond motifs is 1. The minimum atomic E-state index is 0.384. The van der Waals surface area contributed by atoms with Crippen LogP contribution in [0, 0.1) is 17.8 Å². The summed E-state index contributed by atoms with van der Waals surface area (Å²) in [5.74, 6) is 2.07. The molecule has 2 aliphatic carbocycles. The first-order valence-corrected chi connectivity index (χ1v) is 4.48. The van der Waals surface area contributed by atoms with Gasteiger partial charge in [-0.3, -0.25) is 4.79 Å². The van der Waals surface area contributed by atoms with Crippen LogP contribution in [0.4, 0.5) is 0 Å². The zero-order valence-electron chi connectivity index (χ0n) is 6.92. The summed E-state index contributed by atoms with van der Waals surface area (Å²) in [6.45, 7) is 2.19. The first kappa shape index (κ1) is 7.08. The van der Waals surface area contributed by atoms with Gasteiger partial charge in [-0.05, 0) is 24.7 Å². The van der Waals surface area contributed by atoms with Gasteiger partial charge in [-0.25, -0.2) is 0 Å². The maximum Gasteiger partial charge on any atom is 0.136 e. The van der Waals surface area contributed by atoms with Crippen molar-refractivity contribution in [2.75, 3.05) is 0 Å². The highest BCUT2D eigenvalue weighted by molar-refractivity contribution is 5.84. The Bertz CT molecular complexity index is 205. The topological polar surface area (TPSA) is 17.1 Å². The molecule has 11 heavy (non-hydrogen) atoms. The SMILES string of the molecule is CC1CC(=O)C2CCC=CC12. The number of Topliss-reactive ketones (excluding diaryl/α,β-unsaturated/α-hetero) is 1. The quantitative estimate of drug-likeness (QED) is 0.484. The predicted octanol–water partition coefficient (Wildman–Crippen LogP) is 2.18. The van der Waals surface area contributed by atoms with E-state index in [-0.39, 0.29) is 0 Å². The minimum absolute atomic E-state index is 0.384. The summed E-state index contributed by atoms with van der Waals surface area (Å²) in [5.41, 5.74) is 0. The summed E-state index contributed by atoms with van der Waals surface area (Å²) in [5, 5.41) is 0. The lowest BCUT2D eigenvalue weighted by Gasteiger charge is -2.20. The number of hydrogen-bond acceptors (Lipinski definition) is 1. The van der Waals surface area contributed by atoms with Gasteiger partial charge in [0.1, 0.15) is 5.78 Å². The van der Waals surface area contributed by atoms with E-state index in [0.717, 1.165) is 19.3 Å². The Morgan fingerprint density at radius 2 is 2.36 bits per heavy atom. The molecule has 1 nitrogen and oxygen atoms in total. The highest BCUT2D eigenvalue weighted by Crippen LogP contribution is 2.40. The monoisotopic (exact) mass is 150 g/mol. The molecule has 0 aromatic rings. The molecule has 0 bridgehead atoms. The average Bonchev–Trinajstić information content (AvgIpc) is 2.30. The molecule has 0 aliphatic heterocycles. The van der Waals surface area contributed by atoms with Crippen LogP contribution in [0.2, 0.25) is 0 Å². The molecule has 0 amide bonds. The molecule has 0 radical (unpaired) electrons. The van der Waals surface area contributed by atoms with Gasteiger partial charge in [-0.1, -0.05) is 19.1 Å². The van der Waals surface area contributed by atoms with Crippen LogP contribution < -0.4 is 0 Å². The van der Waals surface area contributed by atoms with E-state index in [1.54, 1.807) is 0 Å². The number of carbonyl (C=O) groups excluding carboxylic acids is 1.